The van der Waals surface area contributed by atoms with Crippen LogP contribution in [0, 0.1) is 11.3 Å². The van der Waals surface area contributed by atoms with Crippen molar-refractivity contribution in [1.29, 1.82) is 0 Å². The molecule has 0 radical (unpaired) electrons. The Kier molecular flexibility index (Phi) is 3.62. The third-order valence-corrected chi connectivity index (χ3v) is 6.51. The Morgan fingerprint density at radius 2 is 2.00 bits per heavy atom. The summed E-state index contributed by atoms with van der Waals surface area (Å²) in [7, 11) is 0. The highest BCUT2D eigenvalue weighted by Crippen LogP contribution is 2.57. The Bertz CT molecular complexity index is 604. The van der Waals surface area contributed by atoms with E-state index in [0.29, 0.717) is 5.92 Å². The highest BCUT2D eigenvalue weighted by molar-refractivity contribution is 5.73. The third kappa shape index (κ3) is 2.11. The molecule has 3 rings (SSSR count). The van der Waals surface area contributed by atoms with E-state index in [-0.39, 0.29) is 11.3 Å². The Hall–Kier alpha value is -1.31. The smallest absolute Gasteiger partial charge is 0.0476 e. The van der Waals surface area contributed by atoms with Crippen molar-refractivity contribution in [3.05, 3.63) is 34.9 Å². The Labute approximate surface area is 133 Å². The van der Waals surface area contributed by atoms with Crippen LogP contribution in [0.1, 0.15) is 76.0 Å². The second-order valence-electron chi connectivity index (χ2n) is 8.14. The fourth-order valence-corrected chi connectivity index (χ4v) is 5.11. The molecular weight excluding hydrogens is 272 g/mol. The summed E-state index contributed by atoms with van der Waals surface area (Å²) in [4.78, 5) is 11.8. The van der Waals surface area contributed by atoms with Crippen LogP contribution in [-0.2, 0) is 16.6 Å². The van der Waals surface area contributed by atoms with Gasteiger partial charge in [0.1, 0.15) is 0 Å². The molecule has 0 spiro atoms. The van der Waals surface area contributed by atoms with E-state index in [1.54, 1.807) is 0 Å². The van der Waals surface area contributed by atoms with Crippen LogP contribution in [0.25, 0.3) is 0 Å². The number of carboxylic acid groups (broad SMARTS) is 1. The van der Waals surface area contributed by atoms with E-state index >= 15 is 0 Å². The number of hydrogen-bond acceptors (Lipinski definition) is 2. The van der Waals surface area contributed by atoms with Crippen molar-refractivity contribution in [2.75, 3.05) is 0 Å². The molecule has 0 saturated heterocycles. The zero-order valence-corrected chi connectivity index (χ0v) is 14.2. The number of hydrogen-bond donors (Lipinski definition) is 0. The number of carbonyl (C=O) groups excluding carboxylic acids is 1. The molecule has 1 aromatic carbocycles. The van der Waals surface area contributed by atoms with E-state index in [2.05, 4.69) is 39.0 Å². The maximum Gasteiger partial charge on any atom is 0.0476 e. The molecule has 0 N–H and O–H groups in total. The number of carbonyl (C=O) groups is 1. The minimum atomic E-state index is -0.856. The summed E-state index contributed by atoms with van der Waals surface area (Å²) in [6.07, 6.45) is 4.79. The average Bonchev–Trinajstić information content (AvgIpc) is 2.46. The Morgan fingerprint density at radius 1 is 1.27 bits per heavy atom. The summed E-state index contributed by atoms with van der Waals surface area (Å²) in [5, 5.41) is 11.8. The van der Waals surface area contributed by atoms with Crippen LogP contribution >= 0.6 is 0 Å². The van der Waals surface area contributed by atoms with Gasteiger partial charge >= 0.3 is 0 Å². The van der Waals surface area contributed by atoms with Gasteiger partial charge in [0.25, 0.3) is 0 Å². The summed E-state index contributed by atoms with van der Waals surface area (Å²) < 4.78 is 0. The summed E-state index contributed by atoms with van der Waals surface area (Å²) >= 11 is 0. The molecular formula is C20H27O2-. The van der Waals surface area contributed by atoms with Gasteiger partial charge in [-0.15, -0.1) is 0 Å². The summed E-state index contributed by atoms with van der Waals surface area (Å²) in [5.74, 6) is -0.127. The van der Waals surface area contributed by atoms with E-state index in [1.807, 2.05) is 6.92 Å². The van der Waals surface area contributed by atoms with Crippen molar-refractivity contribution in [3.63, 3.8) is 0 Å². The van der Waals surface area contributed by atoms with E-state index in [1.165, 1.54) is 16.7 Å². The second-order valence-corrected chi connectivity index (χ2v) is 8.14. The van der Waals surface area contributed by atoms with Gasteiger partial charge in [0, 0.05) is 11.4 Å². The summed E-state index contributed by atoms with van der Waals surface area (Å²) in [5.41, 5.74) is 3.52. The third-order valence-electron chi connectivity index (χ3n) is 6.51. The lowest BCUT2D eigenvalue weighted by Crippen LogP contribution is -2.56. The predicted octanol–water partition coefficient (Wildman–Crippen LogP) is 3.57. The van der Waals surface area contributed by atoms with Gasteiger partial charge in [-0.25, -0.2) is 0 Å². The average molecular weight is 299 g/mol. The number of aryl methyl sites for hydroxylation is 1. The molecule has 0 unspecified atom stereocenters. The van der Waals surface area contributed by atoms with Crippen LogP contribution in [0.15, 0.2) is 18.2 Å². The van der Waals surface area contributed by atoms with Crippen LogP contribution in [0.2, 0.25) is 0 Å². The molecule has 0 amide bonds. The largest absolute Gasteiger partial charge is 0.550 e. The molecule has 0 aliphatic heterocycles. The number of fused-ring (bicyclic) bond motifs is 3. The molecule has 2 nitrogen and oxygen atoms in total. The monoisotopic (exact) mass is 299 g/mol. The SMILES string of the molecule is CC(C)c1ccc2c(c1)CC[C@@H]1[C@@](C)(C(=O)[O-])CCC[C@]21C. The Balaban J connectivity index is 2.08. The minimum Gasteiger partial charge on any atom is -0.550 e. The number of rotatable bonds is 2. The first kappa shape index (κ1) is 15.6. The molecule has 2 aliphatic rings. The summed E-state index contributed by atoms with van der Waals surface area (Å²) in [6, 6.07) is 6.87. The van der Waals surface area contributed by atoms with Gasteiger partial charge < -0.3 is 9.90 Å². The van der Waals surface area contributed by atoms with E-state index in [9.17, 15) is 9.90 Å². The first-order valence-electron chi connectivity index (χ1n) is 8.64. The van der Waals surface area contributed by atoms with Crippen molar-refractivity contribution in [1.82, 2.24) is 0 Å². The number of aliphatic carboxylic acids is 1. The van der Waals surface area contributed by atoms with Gasteiger partial charge in [-0.1, -0.05) is 52.3 Å². The lowest BCUT2D eigenvalue weighted by Gasteiger charge is -2.56. The minimum absolute atomic E-state index is 0.0177. The molecule has 3 atom stereocenters. The first-order chi connectivity index (χ1) is 10.3. The van der Waals surface area contributed by atoms with Crippen LogP contribution in [0.3, 0.4) is 0 Å². The normalized spacial score (nSPS) is 34.1. The topological polar surface area (TPSA) is 40.1 Å². The van der Waals surface area contributed by atoms with Gasteiger partial charge in [0.05, 0.1) is 0 Å². The van der Waals surface area contributed by atoms with Crippen LogP contribution in [0.5, 0.6) is 0 Å². The molecule has 120 valence electrons. The van der Waals surface area contributed by atoms with Crippen LogP contribution in [-0.4, -0.2) is 5.97 Å². The maximum atomic E-state index is 11.8. The molecule has 0 bridgehead atoms. The molecule has 2 aliphatic carbocycles. The molecule has 22 heavy (non-hydrogen) atoms. The van der Waals surface area contributed by atoms with Crippen molar-refractivity contribution in [2.45, 2.75) is 71.1 Å². The second kappa shape index (κ2) is 5.11. The van der Waals surface area contributed by atoms with Gasteiger partial charge in [-0.2, -0.15) is 0 Å². The van der Waals surface area contributed by atoms with E-state index < -0.39 is 11.4 Å². The van der Waals surface area contributed by atoms with E-state index in [0.717, 1.165) is 32.1 Å². The molecule has 0 heterocycles. The molecule has 2 heteroatoms. The maximum absolute atomic E-state index is 11.8. The molecule has 1 fully saturated rings. The first-order valence-corrected chi connectivity index (χ1v) is 8.64. The zero-order valence-electron chi connectivity index (χ0n) is 14.2. The fourth-order valence-electron chi connectivity index (χ4n) is 5.11. The van der Waals surface area contributed by atoms with Gasteiger partial charge in [0.2, 0.25) is 0 Å². The lowest BCUT2D eigenvalue weighted by atomic mass is 9.50. The van der Waals surface area contributed by atoms with Crippen molar-refractivity contribution < 1.29 is 9.90 Å². The molecule has 1 saturated carbocycles. The Morgan fingerprint density at radius 3 is 2.64 bits per heavy atom. The lowest BCUT2D eigenvalue weighted by molar-refractivity contribution is -0.324. The van der Waals surface area contributed by atoms with Gasteiger partial charge in [0.15, 0.2) is 0 Å². The quantitative estimate of drug-likeness (QED) is 0.837. The van der Waals surface area contributed by atoms with Crippen molar-refractivity contribution in [3.8, 4) is 0 Å². The van der Waals surface area contributed by atoms with Crippen LogP contribution < -0.4 is 5.11 Å². The highest BCUT2D eigenvalue weighted by Gasteiger charge is 2.52. The zero-order chi connectivity index (χ0) is 16.1. The van der Waals surface area contributed by atoms with Crippen molar-refractivity contribution >= 4 is 5.97 Å². The molecule has 1 aromatic rings. The molecule has 0 aromatic heterocycles. The number of carboxylic acids is 1. The summed E-state index contributed by atoms with van der Waals surface area (Å²) in [6.45, 7) is 8.65. The predicted molar refractivity (Wildman–Crippen MR) is 86.7 cm³/mol. The van der Waals surface area contributed by atoms with Crippen LogP contribution in [0.4, 0.5) is 0 Å². The standard InChI is InChI=1S/C20H28O2/c1-13(2)14-6-8-16-15(12-14)7-9-17-19(16,3)10-5-11-20(17,4)18(21)22/h6,8,12-13,17H,5,7,9-11H2,1-4H3,(H,21,22)/p-1/t17-,19+,20-/m0/s1. The highest BCUT2D eigenvalue weighted by atomic mass is 16.4. The van der Waals surface area contributed by atoms with Gasteiger partial charge in [-0.3, -0.25) is 0 Å². The van der Waals surface area contributed by atoms with Gasteiger partial charge in [-0.05, 0) is 59.6 Å². The van der Waals surface area contributed by atoms with E-state index in [4.69, 9.17) is 0 Å². The number of benzene rings is 1. The van der Waals surface area contributed by atoms with Crippen molar-refractivity contribution in [2.24, 2.45) is 11.3 Å². The fraction of sp³-hybridized carbons (Fsp3) is 0.650.